The van der Waals surface area contributed by atoms with Crippen LogP contribution in [-0.4, -0.2) is 40.7 Å². The van der Waals surface area contributed by atoms with Crippen molar-refractivity contribution in [3.05, 3.63) is 12.1 Å². The molecular weight excluding hydrogens is 234 g/mol. The van der Waals surface area contributed by atoms with Crippen LogP contribution in [0.1, 0.15) is 6.92 Å². The predicted molar refractivity (Wildman–Crippen MR) is 70.0 cm³/mol. The average Bonchev–Trinajstić information content (AvgIpc) is 2.35. The summed E-state index contributed by atoms with van der Waals surface area (Å²) in [4.78, 5) is 13.0. The molecule has 0 bridgehead atoms. The van der Waals surface area contributed by atoms with E-state index in [9.17, 15) is 4.79 Å². The van der Waals surface area contributed by atoms with E-state index in [0.29, 0.717) is 23.8 Å². The highest BCUT2D eigenvalue weighted by Crippen LogP contribution is 2.40. The molecule has 5 heteroatoms. The second kappa shape index (κ2) is 6.14. The molecule has 0 atom stereocenters. The molecule has 0 aliphatic rings. The second-order valence-corrected chi connectivity index (χ2v) is 3.94. The first kappa shape index (κ1) is 14.2. The van der Waals surface area contributed by atoms with Crippen molar-refractivity contribution in [1.82, 2.24) is 0 Å². The number of carbonyl (C=O) groups is 1. The second-order valence-electron chi connectivity index (χ2n) is 3.94. The fourth-order valence-corrected chi connectivity index (χ4v) is 1.71. The maximum Gasteiger partial charge on any atom is 0.203 e. The Bertz CT molecular complexity index is 406. The quantitative estimate of drug-likeness (QED) is 0.772. The SMILES string of the molecule is COc1cc(N(C)CC(C)=O)cc(OC)c1OC. The molecule has 1 aromatic carbocycles. The van der Waals surface area contributed by atoms with Crippen LogP contribution >= 0.6 is 0 Å². The Morgan fingerprint density at radius 3 is 1.94 bits per heavy atom. The first-order valence-electron chi connectivity index (χ1n) is 5.54. The van der Waals surface area contributed by atoms with E-state index in [4.69, 9.17) is 14.2 Å². The molecule has 18 heavy (non-hydrogen) atoms. The van der Waals surface area contributed by atoms with E-state index in [-0.39, 0.29) is 5.78 Å². The molecule has 0 aliphatic carbocycles. The van der Waals surface area contributed by atoms with Crippen molar-refractivity contribution < 1.29 is 19.0 Å². The highest BCUT2D eigenvalue weighted by atomic mass is 16.5. The van der Waals surface area contributed by atoms with Gasteiger partial charge in [0, 0.05) is 24.9 Å². The van der Waals surface area contributed by atoms with Gasteiger partial charge in [-0.1, -0.05) is 0 Å². The maximum absolute atomic E-state index is 11.1. The van der Waals surface area contributed by atoms with Gasteiger partial charge in [0.15, 0.2) is 11.5 Å². The Balaban J connectivity index is 3.18. The Morgan fingerprint density at radius 2 is 1.61 bits per heavy atom. The lowest BCUT2D eigenvalue weighted by Gasteiger charge is -2.21. The van der Waals surface area contributed by atoms with E-state index in [2.05, 4.69) is 0 Å². The molecule has 100 valence electrons. The smallest absolute Gasteiger partial charge is 0.203 e. The summed E-state index contributed by atoms with van der Waals surface area (Å²) in [7, 11) is 6.51. The summed E-state index contributed by atoms with van der Waals surface area (Å²) in [6.07, 6.45) is 0. The zero-order chi connectivity index (χ0) is 13.7. The number of ether oxygens (including phenoxy) is 3. The number of nitrogens with zero attached hydrogens (tertiary/aromatic N) is 1. The van der Waals surface area contributed by atoms with Crippen LogP contribution in [0.4, 0.5) is 5.69 Å². The van der Waals surface area contributed by atoms with E-state index in [1.807, 2.05) is 24.1 Å². The minimum absolute atomic E-state index is 0.0891. The Labute approximate surface area is 107 Å². The van der Waals surface area contributed by atoms with Gasteiger partial charge in [-0.15, -0.1) is 0 Å². The molecular formula is C13H19NO4. The normalized spacial score (nSPS) is 9.83. The molecule has 0 spiro atoms. The van der Waals surface area contributed by atoms with Crippen molar-refractivity contribution in [2.24, 2.45) is 0 Å². The molecule has 0 aromatic heterocycles. The topological polar surface area (TPSA) is 48.0 Å². The minimum atomic E-state index is 0.0891. The fourth-order valence-electron chi connectivity index (χ4n) is 1.71. The zero-order valence-corrected chi connectivity index (χ0v) is 11.4. The molecule has 0 N–H and O–H groups in total. The number of hydrogen-bond acceptors (Lipinski definition) is 5. The summed E-state index contributed by atoms with van der Waals surface area (Å²) in [5.41, 5.74) is 0.833. The standard InChI is InChI=1S/C13H19NO4/c1-9(15)8-14(2)10-6-11(16-3)13(18-5)12(7-10)17-4/h6-7H,8H2,1-5H3. The van der Waals surface area contributed by atoms with Crippen molar-refractivity contribution in [2.75, 3.05) is 39.8 Å². The molecule has 5 nitrogen and oxygen atoms in total. The van der Waals surface area contributed by atoms with E-state index < -0.39 is 0 Å². The van der Waals surface area contributed by atoms with Gasteiger partial charge in [-0.3, -0.25) is 4.79 Å². The molecule has 0 saturated heterocycles. The van der Waals surface area contributed by atoms with Crippen molar-refractivity contribution >= 4 is 11.5 Å². The molecule has 0 saturated carbocycles. The summed E-state index contributed by atoms with van der Waals surface area (Å²) < 4.78 is 15.8. The number of benzene rings is 1. The average molecular weight is 253 g/mol. The van der Waals surface area contributed by atoms with Gasteiger partial charge in [0.25, 0.3) is 0 Å². The maximum atomic E-state index is 11.1. The molecule has 0 amide bonds. The molecule has 1 aromatic rings. The van der Waals surface area contributed by atoms with Crippen LogP contribution in [0.3, 0.4) is 0 Å². The van der Waals surface area contributed by atoms with Gasteiger partial charge in [0.1, 0.15) is 5.78 Å². The van der Waals surface area contributed by atoms with Crippen LogP contribution in [0.5, 0.6) is 17.2 Å². The minimum Gasteiger partial charge on any atom is -0.493 e. The van der Waals surface area contributed by atoms with E-state index in [1.165, 1.54) is 0 Å². The van der Waals surface area contributed by atoms with Gasteiger partial charge in [0.05, 0.1) is 27.9 Å². The number of carbonyl (C=O) groups excluding carboxylic acids is 1. The van der Waals surface area contributed by atoms with Crippen LogP contribution in [0.15, 0.2) is 12.1 Å². The number of hydrogen-bond donors (Lipinski definition) is 0. The van der Waals surface area contributed by atoms with Crippen molar-refractivity contribution in [1.29, 1.82) is 0 Å². The summed E-state index contributed by atoms with van der Waals surface area (Å²) in [5.74, 6) is 1.77. The summed E-state index contributed by atoms with van der Waals surface area (Å²) >= 11 is 0. The van der Waals surface area contributed by atoms with Gasteiger partial charge in [0.2, 0.25) is 5.75 Å². The number of ketones is 1. The van der Waals surface area contributed by atoms with Crippen molar-refractivity contribution in [3.8, 4) is 17.2 Å². The highest BCUT2D eigenvalue weighted by molar-refractivity contribution is 5.81. The number of anilines is 1. The lowest BCUT2D eigenvalue weighted by molar-refractivity contribution is -0.115. The van der Waals surface area contributed by atoms with Gasteiger partial charge in [-0.25, -0.2) is 0 Å². The third-order valence-electron chi connectivity index (χ3n) is 2.55. The third kappa shape index (κ3) is 3.06. The van der Waals surface area contributed by atoms with E-state index in [0.717, 1.165) is 5.69 Å². The van der Waals surface area contributed by atoms with Crippen LogP contribution in [-0.2, 0) is 4.79 Å². The Hall–Kier alpha value is -1.91. The zero-order valence-electron chi connectivity index (χ0n) is 11.4. The van der Waals surface area contributed by atoms with Crippen LogP contribution in [0.25, 0.3) is 0 Å². The van der Waals surface area contributed by atoms with E-state index in [1.54, 1.807) is 28.3 Å². The lowest BCUT2D eigenvalue weighted by atomic mass is 10.2. The number of likely N-dealkylation sites (N-methyl/N-ethyl adjacent to an activating group) is 1. The van der Waals surface area contributed by atoms with Gasteiger partial charge >= 0.3 is 0 Å². The predicted octanol–water partition coefficient (Wildman–Crippen LogP) is 1.74. The monoisotopic (exact) mass is 253 g/mol. The first-order chi connectivity index (χ1) is 8.53. The van der Waals surface area contributed by atoms with Crippen LogP contribution in [0, 0.1) is 0 Å². The third-order valence-corrected chi connectivity index (χ3v) is 2.55. The molecule has 0 heterocycles. The summed E-state index contributed by atoms with van der Waals surface area (Å²) in [6, 6.07) is 3.62. The Kier molecular flexibility index (Phi) is 4.83. The first-order valence-corrected chi connectivity index (χ1v) is 5.54. The van der Waals surface area contributed by atoms with Crippen LogP contribution in [0.2, 0.25) is 0 Å². The highest BCUT2D eigenvalue weighted by Gasteiger charge is 2.15. The summed E-state index contributed by atoms with van der Waals surface area (Å²) in [6.45, 7) is 1.88. The largest absolute Gasteiger partial charge is 0.493 e. The number of methoxy groups -OCH3 is 3. The van der Waals surface area contributed by atoms with Crippen molar-refractivity contribution in [2.45, 2.75) is 6.92 Å². The van der Waals surface area contributed by atoms with Gasteiger partial charge < -0.3 is 19.1 Å². The van der Waals surface area contributed by atoms with Gasteiger partial charge in [-0.2, -0.15) is 0 Å². The molecule has 0 fully saturated rings. The summed E-state index contributed by atoms with van der Waals surface area (Å²) in [5, 5.41) is 0. The Morgan fingerprint density at radius 1 is 1.11 bits per heavy atom. The number of Topliss-reactive ketones (excluding diaryl/α,β-unsaturated/α-hetero) is 1. The molecule has 1 rings (SSSR count). The molecule has 0 unspecified atom stereocenters. The lowest BCUT2D eigenvalue weighted by Crippen LogP contribution is -2.23. The van der Waals surface area contributed by atoms with Crippen LogP contribution < -0.4 is 19.1 Å². The van der Waals surface area contributed by atoms with Crippen molar-refractivity contribution in [3.63, 3.8) is 0 Å². The van der Waals surface area contributed by atoms with Gasteiger partial charge in [-0.05, 0) is 6.92 Å². The molecule has 0 radical (unpaired) electrons. The molecule has 0 aliphatic heterocycles. The van der Waals surface area contributed by atoms with E-state index >= 15 is 0 Å². The number of rotatable bonds is 6. The fraction of sp³-hybridized carbons (Fsp3) is 0.462.